The first kappa shape index (κ1) is 45.3. The van der Waals surface area contributed by atoms with Gasteiger partial charge in [-0.3, -0.25) is 43.9 Å². The Hall–Kier alpha value is -6.28. The minimum absolute atomic E-state index is 0.0198. The Bertz CT molecular complexity index is 2390. The number of hydrogen-bond acceptors (Lipinski definition) is 14. The van der Waals surface area contributed by atoms with Crippen molar-refractivity contribution >= 4 is 64.3 Å². The van der Waals surface area contributed by atoms with Gasteiger partial charge in [-0.1, -0.05) is 0 Å². The summed E-state index contributed by atoms with van der Waals surface area (Å²) in [6.45, 7) is 7.65. The summed E-state index contributed by atoms with van der Waals surface area (Å²) in [7, 11) is 4.91. The zero-order valence-electron chi connectivity index (χ0n) is 37.2. The first-order valence-electron chi connectivity index (χ1n) is 22.1. The van der Waals surface area contributed by atoms with E-state index in [1.165, 1.54) is 25.3 Å². The molecule has 4 aliphatic heterocycles. The second-order valence-electron chi connectivity index (χ2n) is 17.7. The van der Waals surface area contributed by atoms with E-state index in [1.54, 1.807) is 44.2 Å². The van der Waals surface area contributed by atoms with Crippen molar-refractivity contribution in [2.24, 2.45) is 0 Å². The number of carbonyl (C=O) groups is 6. The lowest BCUT2D eigenvalue weighted by atomic mass is 9.90. The number of rotatable bonds is 12. The van der Waals surface area contributed by atoms with Gasteiger partial charge in [-0.15, -0.1) is 0 Å². The van der Waals surface area contributed by atoms with E-state index in [2.05, 4.69) is 47.7 Å². The Morgan fingerprint density at radius 2 is 1.69 bits per heavy atom. The summed E-state index contributed by atoms with van der Waals surface area (Å²) < 4.78 is 35.2. The minimum atomic E-state index is -3.61. The molecule has 3 N–H and O–H groups in total. The smallest absolute Gasteiger partial charge is 0.342 e. The number of alkyl halides is 2. The highest BCUT2D eigenvalue weighted by Gasteiger charge is 2.48. The van der Waals surface area contributed by atoms with Crippen LogP contribution in [0.5, 0.6) is 5.75 Å². The highest BCUT2D eigenvalue weighted by atomic mass is 19.3. The fourth-order valence-corrected chi connectivity index (χ4v) is 9.37. The van der Waals surface area contributed by atoms with Gasteiger partial charge in [-0.2, -0.15) is 13.8 Å². The first-order chi connectivity index (χ1) is 31.0. The highest BCUT2D eigenvalue weighted by Crippen LogP contribution is 2.38. The maximum Gasteiger partial charge on any atom is 0.342 e. The molecular formula is C45H55F2N11O7. The number of piperidine rings is 1. The van der Waals surface area contributed by atoms with E-state index in [0.717, 1.165) is 80.4 Å². The number of nitrogens with one attached hydrogen (secondary N) is 3. The highest BCUT2D eigenvalue weighted by molar-refractivity contribution is 6.23. The SMILES string of the molecule is COc1cc(C(=O)N[C@H]2CC[C@H](N(C)CCN3CCN(c4ccc5c(c4)C(=O)N(C4CCC(=O)NC4=O)C5=O)CC3)CC2)ccc1Nc1ncc2c(n1)N(C(C)C)CC(F)(F)C(=O)N2C. The van der Waals surface area contributed by atoms with E-state index in [4.69, 9.17) is 4.74 Å². The average Bonchev–Trinajstić information content (AvgIpc) is 3.50. The number of halogens is 2. The second kappa shape index (κ2) is 18.3. The minimum Gasteiger partial charge on any atom is -0.495 e. The number of imide groups is 2. The fourth-order valence-electron chi connectivity index (χ4n) is 9.37. The summed E-state index contributed by atoms with van der Waals surface area (Å²) in [6.07, 6.45) is 5.09. The number of aromatic nitrogens is 2. The molecule has 18 nitrogen and oxygen atoms in total. The van der Waals surface area contributed by atoms with Crippen LogP contribution in [0.15, 0.2) is 42.6 Å². The predicted octanol–water partition coefficient (Wildman–Crippen LogP) is 3.25. The van der Waals surface area contributed by atoms with Crippen molar-refractivity contribution in [3.63, 3.8) is 0 Å². The van der Waals surface area contributed by atoms with Crippen molar-refractivity contribution in [2.75, 3.05) is 87.0 Å². The van der Waals surface area contributed by atoms with E-state index in [-0.39, 0.29) is 59.4 Å². The zero-order chi connectivity index (χ0) is 46.3. The summed E-state index contributed by atoms with van der Waals surface area (Å²) in [4.78, 5) is 95.6. The summed E-state index contributed by atoms with van der Waals surface area (Å²) >= 11 is 0. The van der Waals surface area contributed by atoms with Crippen LogP contribution in [-0.2, 0) is 14.4 Å². The lowest BCUT2D eigenvalue weighted by Crippen LogP contribution is -2.54. The zero-order valence-corrected chi connectivity index (χ0v) is 37.2. The van der Waals surface area contributed by atoms with Gasteiger partial charge in [0.15, 0.2) is 5.82 Å². The summed E-state index contributed by atoms with van der Waals surface area (Å²) in [5.74, 6) is -6.55. The molecule has 0 spiro atoms. The van der Waals surface area contributed by atoms with Crippen molar-refractivity contribution in [2.45, 2.75) is 82.5 Å². The van der Waals surface area contributed by atoms with Crippen molar-refractivity contribution in [1.29, 1.82) is 0 Å². The van der Waals surface area contributed by atoms with E-state index in [1.807, 2.05) is 6.07 Å². The molecule has 3 fully saturated rings. The summed E-state index contributed by atoms with van der Waals surface area (Å²) in [5.41, 5.74) is 2.45. The van der Waals surface area contributed by atoms with Gasteiger partial charge in [-0.05, 0) is 89.4 Å². The molecule has 6 amide bonds. The van der Waals surface area contributed by atoms with Gasteiger partial charge in [0.1, 0.15) is 17.5 Å². The first-order valence-corrected chi connectivity index (χ1v) is 22.1. The molecule has 1 saturated carbocycles. The molecule has 20 heteroatoms. The van der Waals surface area contributed by atoms with Gasteiger partial charge in [0.05, 0.1) is 36.7 Å². The third-order valence-corrected chi connectivity index (χ3v) is 13.3. The summed E-state index contributed by atoms with van der Waals surface area (Å²) in [5, 5.41) is 8.50. The van der Waals surface area contributed by atoms with Crippen LogP contribution >= 0.6 is 0 Å². The van der Waals surface area contributed by atoms with Crippen LogP contribution in [-0.4, -0.2) is 157 Å². The number of amides is 6. The van der Waals surface area contributed by atoms with Gasteiger partial charge >= 0.3 is 5.92 Å². The van der Waals surface area contributed by atoms with E-state index in [0.29, 0.717) is 23.0 Å². The molecule has 1 aromatic heterocycles. The molecule has 1 atom stereocenters. The number of methoxy groups -OCH3 is 1. The quantitative estimate of drug-likeness (QED) is 0.225. The average molecular weight is 900 g/mol. The van der Waals surface area contributed by atoms with Crippen LogP contribution in [0.1, 0.15) is 83.4 Å². The molecule has 346 valence electrons. The Morgan fingerprint density at radius 3 is 2.38 bits per heavy atom. The van der Waals surface area contributed by atoms with Gasteiger partial charge in [0.25, 0.3) is 23.6 Å². The normalized spacial score (nSPS) is 22.5. The molecule has 2 aromatic carbocycles. The Morgan fingerprint density at radius 1 is 0.969 bits per heavy atom. The van der Waals surface area contributed by atoms with Gasteiger partial charge in [-0.25, -0.2) is 4.98 Å². The van der Waals surface area contributed by atoms with E-state index in [9.17, 15) is 37.5 Å². The maximum atomic E-state index is 14.8. The molecule has 8 rings (SSSR count). The van der Waals surface area contributed by atoms with Crippen molar-refractivity contribution in [1.82, 2.24) is 35.3 Å². The van der Waals surface area contributed by atoms with Crippen LogP contribution in [0.3, 0.4) is 0 Å². The van der Waals surface area contributed by atoms with Crippen molar-refractivity contribution in [3.8, 4) is 5.75 Å². The van der Waals surface area contributed by atoms with Crippen molar-refractivity contribution < 1.29 is 42.3 Å². The molecule has 5 heterocycles. The van der Waals surface area contributed by atoms with E-state index < -0.39 is 48.0 Å². The third kappa shape index (κ3) is 9.18. The number of benzene rings is 2. The number of likely N-dealkylation sites (N-methyl/N-ethyl adjacent to an activating group) is 1. The molecule has 1 aliphatic carbocycles. The lowest BCUT2D eigenvalue weighted by Gasteiger charge is -2.39. The molecule has 2 saturated heterocycles. The number of hydrogen-bond donors (Lipinski definition) is 3. The maximum absolute atomic E-state index is 14.8. The fraction of sp³-hybridized carbons (Fsp3) is 0.511. The van der Waals surface area contributed by atoms with Crippen molar-refractivity contribution in [3.05, 3.63) is 59.3 Å². The monoisotopic (exact) mass is 899 g/mol. The van der Waals surface area contributed by atoms with Crippen LogP contribution < -0.4 is 35.4 Å². The molecule has 3 aromatic rings. The number of nitrogens with zero attached hydrogens (tertiary/aromatic N) is 8. The van der Waals surface area contributed by atoms with Crippen LogP contribution in [0.2, 0.25) is 0 Å². The standard InChI is InChI=1S/C45H55F2N11O7/c1-26(2)57-25-45(46,47)43(64)54(4)35-24-48-44(52-38(35)57)50-33-13-6-27(22-36(33)65-5)39(60)49-28-7-9-29(10-8-28)53(3)16-17-55-18-20-56(21-19-55)30-11-12-31-32(23-30)42(63)58(41(31)62)34-14-15-37(59)51-40(34)61/h6,11-13,22-24,26,28-29,34H,7-10,14-21,25H2,1-5H3,(H,49,60)(H,48,50,52)(H,51,59,61)/t28-,29-,34?. The van der Waals surface area contributed by atoms with Crippen LogP contribution in [0.25, 0.3) is 0 Å². The molecule has 5 aliphatic rings. The number of ether oxygens (including phenoxy) is 1. The molecule has 65 heavy (non-hydrogen) atoms. The molecule has 0 radical (unpaired) electrons. The number of piperazine rings is 1. The number of anilines is 5. The van der Waals surface area contributed by atoms with E-state index >= 15 is 0 Å². The molecular weight excluding hydrogens is 845 g/mol. The van der Waals surface area contributed by atoms with Gasteiger partial charge in [0.2, 0.25) is 17.8 Å². The van der Waals surface area contributed by atoms with Gasteiger partial charge < -0.3 is 35.0 Å². The number of fused-ring (bicyclic) bond motifs is 2. The van der Waals surface area contributed by atoms with Crippen LogP contribution in [0.4, 0.5) is 37.6 Å². The third-order valence-electron chi connectivity index (χ3n) is 13.3. The summed E-state index contributed by atoms with van der Waals surface area (Å²) in [6, 6.07) is 9.26. The predicted molar refractivity (Wildman–Crippen MR) is 237 cm³/mol. The lowest BCUT2D eigenvalue weighted by molar-refractivity contribution is -0.140. The van der Waals surface area contributed by atoms with Gasteiger partial charge in [0, 0.05) is 82.1 Å². The molecule has 1 unspecified atom stereocenters. The molecule has 0 bridgehead atoms. The topological polar surface area (TPSA) is 193 Å². The number of carbonyl (C=O) groups excluding carboxylic acids is 6. The Labute approximate surface area is 375 Å². The Kier molecular flexibility index (Phi) is 12.8. The largest absolute Gasteiger partial charge is 0.495 e. The second-order valence-corrected chi connectivity index (χ2v) is 17.7. The van der Waals surface area contributed by atoms with Crippen LogP contribution in [0, 0.1) is 0 Å². The Balaban J connectivity index is 0.787.